The molecule has 14 heavy (non-hydrogen) atoms. The van der Waals surface area contributed by atoms with Crippen LogP contribution < -0.4 is 5.73 Å². The molecular formula is C12H26N2. The van der Waals surface area contributed by atoms with Crippen LogP contribution in [0, 0.1) is 11.8 Å². The van der Waals surface area contributed by atoms with Crippen molar-refractivity contribution in [3.63, 3.8) is 0 Å². The van der Waals surface area contributed by atoms with E-state index in [1.807, 2.05) is 0 Å². The van der Waals surface area contributed by atoms with E-state index in [1.54, 1.807) is 0 Å². The van der Waals surface area contributed by atoms with E-state index < -0.39 is 0 Å². The third-order valence-corrected chi connectivity index (χ3v) is 3.33. The first-order valence-corrected chi connectivity index (χ1v) is 5.82. The highest BCUT2D eigenvalue weighted by atomic mass is 15.2. The Morgan fingerprint density at radius 2 is 1.86 bits per heavy atom. The maximum atomic E-state index is 6.08. The van der Waals surface area contributed by atoms with E-state index in [-0.39, 0.29) is 5.54 Å². The lowest BCUT2D eigenvalue weighted by Gasteiger charge is -2.43. The van der Waals surface area contributed by atoms with Gasteiger partial charge in [0.1, 0.15) is 0 Å². The molecule has 0 aromatic heterocycles. The second-order valence-electron chi connectivity index (χ2n) is 5.98. The summed E-state index contributed by atoms with van der Waals surface area (Å²) in [6, 6.07) is 0.689. The molecule has 0 bridgehead atoms. The molecule has 0 amide bonds. The Morgan fingerprint density at radius 3 is 2.36 bits per heavy atom. The van der Waals surface area contributed by atoms with Gasteiger partial charge in [0.25, 0.3) is 0 Å². The van der Waals surface area contributed by atoms with Gasteiger partial charge in [0.05, 0.1) is 0 Å². The van der Waals surface area contributed by atoms with Crippen molar-refractivity contribution in [2.24, 2.45) is 17.6 Å². The molecule has 0 aromatic carbocycles. The molecule has 0 radical (unpaired) electrons. The number of rotatable bonds is 2. The van der Waals surface area contributed by atoms with Crippen LogP contribution >= 0.6 is 0 Å². The van der Waals surface area contributed by atoms with E-state index >= 15 is 0 Å². The Morgan fingerprint density at radius 1 is 1.29 bits per heavy atom. The number of likely N-dealkylation sites (tertiary alicyclic amines) is 1. The lowest BCUT2D eigenvalue weighted by molar-refractivity contribution is 0.0637. The van der Waals surface area contributed by atoms with Crippen LogP contribution in [-0.2, 0) is 0 Å². The zero-order chi connectivity index (χ0) is 10.9. The van der Waals surface area contributed by atoms with Crippen molar-refractivity contribution in [3.8, 4) is 0 Å². The predicted molar refractivity (Wildman–Crippen MR) is 62.2 cm³/mol. The van der Waals surface area contributed by atoms with Crippen molar-refractivity contribution < 1.29 is 0 Å². The molecule has 2 N–H and O–H groups in total. The zero-order valence-electron chi connectivity index (χ0n) is 10.4. The van der Waals surface area contributed by atoms with Gasteiger partial charge in [-0.2, -0.15) is 0 Å². The standard InChI is InChI=1S/C12H26N2/c1-9-6-10(2)11(3)14(7-9)8-12(4,5)13/h9-11H,6-8,13H2,1-5H3. The molecule has 1 rings (SSSR count). The third kappa shape index (κ3) is 3.25. The molecule has 0 saturated carbocycles. The summed E-state index contributed by atoms with van der Waals surface area (Å²) in [7, 11) is 0. The summed E-state index contributed by atoms with van der Waals surface area (Å²) < 4.78 is 0. The van der Waals surface area contributed by atoms with Gasteiger partial charge in [-0.15, -0.1) is 0 Å². The summed E-state index contributed by atoms with van der Waals surface area (Å²) in [4.78, 5) is 2.55. The third-order valence-electron chi connectivity index (χ3n) is 3.33. The van der Waals surface area contributed by atoms with Crippen molar-refractivity contribution >= 4 is 0 Å². The first kappa shape index (κ1) is 12.0. The van der Waals surface area contributed by atoms with Crippen LogP contribution in [0.25, 0.3) is 0 Å². The Bertz CT molecular complexity index is 183. The number of piperidine rings is 1. The first-order chi connectivity index (χ1) is 6.29. The summed E-state index contributed by atoms with van der Waals surface area (Å²) in [6.45, 7) is 13.5. The molecule has 84 valence electrons. The molecule has 2 nitrogen and oxygen atoms in total. The molecule has 0 spiro atoms. The second kappa shape index (κ2) is 4.19. The smallest absolute Gasteiger partial charge is 0.0226 e. The fourth-order valence-corrected chi connectivity index (χ4v) is 2.56. The topological polar surface area (TPSA) is 29.3 Å². The van der Waals surface area contributed by atoms with Gasteiger partial charge in [0.15, 0.2) is 0 Å². The minimum absolute atomic E-state index is 0.0644. The summed E-state index contributed by atoms with van der Waals surface area (Å²) in [5.41, 5.74) is 6.01. The zero-order valence-corrected chi connectivity index (χ0v) is 10.4. The molecule has 1 aliphatic heterocycles. The van der Waals surface area contributed by atoms with Crippen molar-refractivity contribution in [2.45, 2.75) is 52.6 Å². The summed E-state index contributed by atoms with van der Waals surface area (Å²) in [6.07, 6.45) is 1.36. The van der Waals surface area contributed by atoms with E-state index in [0.717, 1.165) is 18.4 Å². The van der Waals surface area contributed by atoms with E-state index in [4.69, 9.17) is 5.73 Å². The van der Waals surface area contributed by atoms with E-state index in [9.17, 15) is 0 Å². The largest absolute Gasteiger partial charge is 0.324 e. The molecule has 0 aliphatic carbocycles. The van der Waals surface area contributed by atoms with Crippen molar-refractivity contribution in [1.29, 1.82) is 0 Å². The summed E-state index contributed by atoms with van der Waals surface area (Å²) in [5.74, 6) is 1.63. The molecule has 2 heteroatoms. The lowest BCUT2D eigenvalue weighted by atomic mass is 9.85. The minimum Gasteiger partial charge on any atom is -0.324 e. The number of nitrogens with two attached hydrogens (primary N) is 1. The molecule has 0 aromatic rings. The van der Waals surface area contributed by atoms with Gasteiger partial charge in [-0.1, -0.05) is 13.8 Å². The van der Waals surface area contributed by atoms with E-state index in [0.29, 0.717) is 6.04 Å². The normalized spacial score (nSPS) is 36.0. The van der Waals surface area contributed by atoms with E-state index in [2.05, 4.69) is 39.5 Å². The quantitative estimate of drug-likeness (QED) is 0.736. The highest BCUT2D eigenvalue weighted by molar-refractivity contribution is 4.87. The fraction of sp³-hybridized carbons (Fsp3) is 1.00. The van der Waals surface area contributed by atoms with Crippen LogP contribution in [0.5, 0.6) is 0 Å². The maximum Gasteiger partial charge on any atom is 0.0226 e. The van der Waals surface area contributed by atoms with Crippen LogP contribution in [0.4, 0.5) is 0 Å². The van der Waals surface area contributed by atoms with Gasteiger partial charge < -0.3 is 5.73 Å². The fourth-order valence-electron chi connectivity index (χ4n) is 2.56. The maximum absolute atomic E-state index is 6.08. The molecule has 1 aliphatic rings. The van der Waals surface area contributed by atoms with Crippen LogP contribution in [0.15, 0.2) is 0 Å². The van der Waals surface area contributed by atoms with Gasteiger partial charge in [-0.3, -0.25) is 4.90 Å². The summed E-state index contributed by atoms with van der Waals surface area (Å²) >= 11 is 0. The Labute approximate surface area is 88.8 Å². The number of hydrogen-bond donors (Lipinski definition) is 1. The van der Waals surface area contributed by atoms with E-state index in [1.165, 1.54) is 13.0 Å². The van der Waals surface area contributed by atoms with Gasteiger partial charge >= 0.3 is 0 Å². The Kier molecular flexibility index (Phi) is 3.59. The monoisotopic (exact) mass is 198 g/mol. The summed E-state index contributed by atoms with van der Waals surface area (Å²) in [5, 5.41) is 0. The Hall–Kier alpha value is -0.0800. The SMILES string of the molecule is CC1CC(C)C(C)N(CC(C)(C)N)C1. The van der Waals surface area contributed by atoms with Crippen LogP contribution in [-0.4, -0.2) is 29.6 Å². The minimum atomic E-state index is -0.0644. The number of hydrogen-bond acceptors (Lipinski definition) is 2. The Balaban J connectivity index is 2.58. The highest BCUT2D eigenvalue weighted by Crippen LogP contribution is 2.27. The molecule has 1 fully saturated rings. The van der Waals surface area contributed by atoms with Gasteiger partial charge in [0, 0.05) is 24.7 Å². The average Bonchev–Trinajstić information content (AvgIpc) is 1.96. The average molecular weight is 198 g/mol. The van der Waals surface area contributed by atoms with Crippen molar-refractivity contribution in [2.75, 3.05) is 13.1 Å². The molecule has 3 atom stereocenters. The number of nitrogens with zero attached hydrogens (tertiary/aromatic N) is 1. The molecular weight excluding hydrogens is 172 g/mol. The lowest BCUT2D eigenvalue weighted by Crippen LogP contribution is -2.53. The van der Waals surface area contributed by atoms with Crippen LogP contribution in [0.1, 0.15) is 41.0 Å². The van der Waals surface area contributed by atoms with Gasteiger partial charge in [0.2, 0.25) is 0 Å². The van der Waals surface area contributed by atoms with Gasteiger partial charge in [-0.25, -0.2) is 0 Å². The molecule has 3 unspecified atom stereocenters. The molecule has 1 saturated heterocycles. The first-order valence-electron chi connectivity index (χ1n) is 5.82. The highest BCUT2D eigenvalue weighted by Gasteiger charge is 2.30. The predicted octanol–water partition coefficient (Wildman–Crippen LogP) is 2.09. The van der Waals surface area contributed by atoms with Crippen LogP contribution in [0.2, 0.25) is 0 Å². The van der Waals surface area contributed by atoms with Crippen LogP contribution in [0.3, 0.4) is 0 Å². The second-order valence-corrected chi connectivity index (χ2v) is 5.98. The van der Waals surface area contributed by atoms with Crippen molar-refractivity contribution in [1.82, 2.24) is 4.90 Å². The van der Waals surface area contributed by atoms with Gasteiger partial charge in [-0.05, 0) is 39.0 Å². The van der Waals surface area contributed by atoms with Crippen molar-refractivity contribution in [3.05, 3.63) is 0 Å². The molecule has 1 heterocycles.